The zero-order valence-electron chi connectivity index (χ0n) is 14.9. The molecule has 0 aliphatic carbocycles. The topological polar surface area (TPSA) is 30.7 Å². The summed E-state index contributed by atoms with van der Waals surface area (Å²) in [5.74, 6) is 1.52. The van der Waals surface area contributed by atoms with Crippen LogP contribution >= 0.6 is 0 Å². The number of rotatable bonds is 5. The average Bonchev–Trinajstić information content (AvgIpc) is 3.19. The Kier molecular flexibility index (Phi) is 4.50. The fraction of sp³-hybridized carbons (Fsp3) is 0. The van der Waals surface area contributed by atoms with Crippen LogP contribution in [0.2, 0.25) is 0 Å². The van der Waals surface area contributed by atoms with Gasteiger partial charge in [-0.05, 0) is 5.56 Å². The van der Waals surface area contributed by atoms with Crippen LogP contribution in [0, 0.1) is 0 Å². The van der Waals surface area contributed by atoms with E-state index in [1.165, 1.54) is 0 Å². The monoisotopic (exact) mass is 349 g/mol. The number of hydrogen-bond donors (Lipinski definition) is 0. The number of aromatic nitrogens is 3. The summed E-state index contributed by atoms with van der Waals surface area (Å²) in [6.07, 6.45) is 1.84. The summed E-state index contributed by atoms with van der Waals surface area (Å²) in [4.78, 5) is 0. The Labute approximate surface area is 159 Å². The van der Waals surface area contributed by atoms with Crippen LogP contribution in [-0.2, 0) is 0 Å². The minimum atomic E-state index is 0.762. The molecule has 0 fully saturated rings. The van der Waals surface area contributed by atoms with Crippen molar-refractivity contribution in [1.82, 2.24) is 14.8 Å². The maximum atomic E-state index is 4.49. The molecule has 0 saturated carbocycles. The molecule has 0 spiro atoms. The quantitative estimate of drug-likeness (QED) is 0.458. The van der Waals surface area contributed by atoms with Gasteiger partial charge >= 0.3 is 0 Å². The van der Waals surface area contributed by atoms with Crippen molar-refractivity contribution in [3.63, 3.8) is 0 Å². The average molecular weight is 349 g/mol. The SMILES string of the molecule is C=Cc1ccccc1C(=C)n1c(-c2ccccc2)nnc1-c1ccccc1. The van der Waals surface area contributed by atoms with Crippen molar-refractivity contribution in [2.45, 2.75) is 0 Å². The number of hydrogen-bond acceptors (Lipinski definition) is 2. The van der Waals surface area contributed by atoms with Crippen molar-refractivity contribution in [3.05, 3.63) is 109 Å². The molecule has 27 heavy (non-hydrogen) atoms. The van der Waals surface area contributed by atoms with Gasteiger partial charge in [-0.15, -0.1) is 10.2 Å². The highest BCUT2D eigenvalue weighted by Crippen LogP contribution is 2.31. The summed E-state index contributed by atoms with van der Waals surface area (Å²) < 4.78 is 2.02. The maximum absolute atomic E-state index is 4.49. The van der Waals surface area contributed by atoms with Crippen molar-refractivity contribution < 1.29 is 0 Å². The van der Waals surface area contributed by atoms with E-state index >= 15 is 0 Å². The van der Waals surface area contributed by atoms with Crippen molar-refractivity contribution in [1.29, 1.82) is 0 Å². The van der Waals surface area contributed by atoms with E-state index in [1.54, 1.807) is 0 Å². The minimum Gasteiger partial charge on any atom is -0.275 e. The van der Waals surface area contributed by atoms with E-state index in [4.69, 9.17) is 0 Å². The second-order valence-electron chi connectivity index (χ2n) is 6.15. The maximum Gasteiger partial charge on any atom is 0.168 e. The lowest BCUT2D eigenvalue weighted by Gasteiger charge is -2.15. The van der Waals surface area contributed by atoms with Gasteiger partial charge in [0.1, 0.15) is 0 Å². The first-order valence-electron chi connectivity index (χ1n) is 8.77. The van der Waals surface area contributed by atoms with Crippen LogP contribution in [-0.4, -0.2) is 14.8 Å². The van der Waals surface area contributed by atoms with Crippen LogP contribution in [0.5, 0.6) is 0 Å². The fourth-order valence-electron chi connectivity index (χ4n) is 3.15. The molecule has 0 unspecified atom stereocenters. The first-order chi connectivity index (χ1) is 13.3. The Balaban J connectivity index is 1.95. The molecule has 0 aliphatic rings. The molecule has 1 heterocycles. The smallest absolute Gasteiger partial charge is 0.168 e. The largest absolute Gasteiger partial charge is 0.275 e. The number of benzene rings is 3. The van der Waals surface area contributed by atoms with Crippen LogP contribution < -0.4 is 0 Å². The van der Waals surface area contributed by atoms with E-state index in [0.717, 1.165) is 39.6 Å². The van der Waals surface area contributed by atoms with E-state index in [1.807, 2.05) is 95.6 Å². The molecule has 3 nitrogen and oxygen atoms in total. The Morgan fingerprint density at radius 3 is 1.70 bits per heavy atom. The normalized spacial score (nSPS) is 10.5. The lowest BCUT2D eigenvalue weighted by molar-refractivity contribution is 1.10. The van der Waals surface area contributed by atoms with Crippen LogP contribution in [0.4, 0.5) is 0 Å². The van der Waals surface area contributed by atoms with Gasteiger partial charge in [-0.2, -0.15) is 0 Å². The van der Waals surface area contributed by atoms with Crippen LogP contribution in [0.1, 0.15) is 11.1 Å². The Bertz CT molecular complexity index is 1040. The Morgan fingerprint density at radius 2 is 1.19 bits per heavy atom. The van der Waals surface area contributed by atoms with Gasteiger partial charge in [-0.25, -0.2) is 0 Å². The molecule has 4 rings (SSSR count). The molecule has 0 bridgehead atoms. The van der Waals surface area contributed by atoms with E-state index in [0.29, 0.717) is 0 Å². The molecule has 0 N–H and O–H groups in total. The molecule has 0 aliphatic heterocycles. The summed E-state index contributed by atoms with van der Waals surface area (Å²) in [5.41, 5.74) is 4.82. The minimum absolute atomic E-state index is 0.762. The zero-order valence-corrected chi connectivity index (χ0v) is 14.9. The van der Waals surface area contributed by atoms with E-state index in [-0.39, 0.29) is 0 Å². The van der Waals surface area contributed by atoms with E-state index in [2.05, 4.69) is 23.4 Å². The molecule has 0 radical (unpaired) electrons. The summed E-state index contributed by atoms with van der Waals surface area (Å²) >= 11 is 0. The third-order valence-corrected chi connectivity index (χ3v) is 4.49. The molecule has 1 aromatic heterocycles. The van der Waals surface area contributed by atoms with Crippen molar-refractivity contribution in [2.75, 3.05) is 0 Å². The van der Waals surface area contributed by atoms with Gasteiger partial charge < -0.3 is 0 Å². The van der Waals surface area contributed by atoms with Gasteiger partial charge in [0, 0.05) is 22.4 Å². The zero-order chi connectivity index (χ0) is 18.6. The molecule has 3 heteroatoms. The van der Waals surface area contributed by atoms with E-state index in [9.17, 15) is 0 Å². The van der Waals surface area contributed by atoms with Gasteiger partial charge in [0.25, 0.3) is 0 Å². The van der Waals surface area contributed by atoms with Crippen LogP contribution in [0.15, 0.2) is 98.1 Å². The predicted octanol–water partition coefficient (Wildman–Crippen LogP) is 5.77. The van der Waals surface area contributed by atoms with Crippen LogP contribution in [0.25, 0.3) is 34.5 Å². The van der Waals surface area contributed by atoms with Gasteiger partial charge in [0.2, 0.25) is 0 Å². The predicted molar refractivity (Wildman–Crippen MR) is 112 cm³/mol. The summed E-state index contributed by atoms with van der Waals surface area (Å²) in [5, 5.41) is 8.98. The third-order valence-electron chi connectivity index (χ3n) is 4.49. The molecule has 0 amide bonds. The fourth-order valence-corrected chi connectivity index (χ4v) is 3.15. The van der Waals surface area contributed by atoms with Crippen LogP contribution in [0.3, 0.4) is 0 Å². The molecule has 0 atom stereocenters. The standard InChI is InChI=1S/C24H19N3/c1-3-19-12-10-11-17-22(19)18(2)27-23(20-13-6-4-7-14-20)25-26-24(27)21-15-8-5-9-16-21/h3-17H,1-2H2. The lowest BCUT2D eigenvalue weighted by Crippen LogP contribution is -2.04. The highest BCUT2D eigenvalue weighted by Gasteiger charge is 2.19. The molecule has 4 aromatic rings. The van der Waals surface area contributed by atoms with Crippen molar-refractivity contribution >= 4 is 11.8 Å². The molecular formula is C24H19N3. The molecule has 130 valence electrons. The van der Waals surface area contributed by atoms with Gasteiger partial charge in [-0.1, -0.05) is 104 Å². The molecule has 0 saturated heterocycles. The lowest BCUT2D eigenvalue weighted by atomic mass is 10.0. The van der Waals surface area contributed by atoms with Gasteiger partial charge in [0.05, 0.1) is 0 Å². The first kappa shape index (κ1) is 16.7. The number of nitrogens with zero attached hydrogens (tertiary/aromatic N) is 3. The summed E-state index contributed by atoms with van der Waals surface area (Å²) in [6.45, 7) is 8.32. The first-order valence-corrected chi connectivity index (χ1v) is 8.77. The second-order valence-corrected chi connectivity index (χ2v) is 6.15. The summed E-state index contributed by atoms with van der Waals surface area (Å²) in [7, 11) is 0. The van der Waals surface area contributed by atoms with Gasteiger partial charge in [-0.3, -0.25) is 4.57 Å². The highest BCUT2D eigenvalue weighted by atomic mass is 15.3. The third kappa shape index (κ3) is 3.11. The van der Waals surface area contributed by atoms with Crippen molar-refractivity contribution in [3.8, 4) is 22.8 Å². The Morgan fingerprint density at radius 1 is 0.704 bits per heavy atom. The Hall–Kier alpha value is -3.72. The molecule has 3 aromatic carbocycles. The summed E-state index contributed by atoms with van der Waals surface area (Å²) in [6, 6.07) is 28.2. The highest BCUT2D eigenvalue weighted by molar-refractivity contribution is 5.79. The molecular weight excluding hydrogens is 330 g/mol. The second kappa shape index (κ2) is 7.26. The van der Waals surface area contributed by atoms with Gasteiger partial charge in [0.15, 0.2) is 11.6 Å². The van der Waals surface area contributed by atoms with Crippen molar-refractivity contribution in [2.24, 2.45) is 0 Å². The van der Waals surface area contributed by atoms with E-state index < -0.39 is 0 Å².